The average molecular weight is 129 g/mol. The summed E-state index contributed by atoms with van der Waals surface area (Å²) in [6.07, 6.45) is 0.625. The van der Waals surface area contributed by atoms with E-state index in [-0.39, 0.29) is 0 Å². The lowest BCUT2D eigenvalue weighted by Crippen LogP contribution is -2.49. The summed E-state index contributed by atoms with van der Waals surface area (Å²) in [5.74, 6) is 0. The fraction of sp³-hybridized carbons (Fsp3) is 1.00. The Labute approximate surface area is 57.4 Å². The molecule has 1 heterocycles. The minimum absolute atomic E-state index is 0.625. The number of rotatable bonds is 0. The molecule has 2 atom stereocenters. The van der Waals surface area contributed by atoms with Gasteiger partial charge in [0.1, 0.15) is 6.17 Å². The monoisotopic (exact) mass is 129 g/mol. The first-order valence-electron chi connectivity index (χ1n) is 3.62. The van der Waals surface area contributed by atoms with Crippen molar-refractivity contribution in [1.82, 2.24) is 5.32 Å². The van der Waals surface area contributed by atoms with Crippen molar-refractivity contribution in [2.24, 2.45) is 0 Å². The molecule has 1 saturated heterocycles. The normalized spacial score (nSPS) is 41.3. The van der Waals surface area contributed by atoms with E-state index in [0.29, 0.717) is 6.17 Å². The van der Waals surface area contributed by atoms with Gasteiger partial charge in [-0.25, -0.2) is 0 Å². The summed E-state index contributed by atoms with van der Waals surface area (Å²) in [7, 11) is 4.55. The largest absolute Gasteiger partial charge is 0.311 e. The van der Waals surface area contributed by atoms with Crippen molar-refractivity contribution in [2.45, 2.75) is 26.1 Å². The molecule has 1 fully saturated rings. The maximum Gasteiger partial charge on any atom is 0.140 e. The molecule has 2 nitrogen and oxygen atoms in total. The Bertz CT molecular complexity index is 97.5. The Balaban J connectivity index is 2.66. The minimum atomic E-state index is 0.625. The van der Waals surface area contributed by atoms with E-state index in [1.165, 1.54) is 0 Å². The fourth-order valence-electron chi connectivity index (χ4n) is 1.19. The van der Waals surface area contributed by atoms with Crippen LogP contribution in [0.3, 0.4) is 0 Å². The van der Waals surface area contributed by atoms with Crippen molar-refractivity contribution >= 4 is 0 Å². The summed E-state index contributed by atoms with van der Waals surface area (Å²) in [5.41, 5.74) is 0. The van der Waals surface area contributed by atoms with Crippen LogP contribution >= 0.6 is 0 Å². The summed E-state index contributed by atoms with van der Waals surface area (Å²) >= 11 is 0. The quantitative estimate of drug-likeness (QED) is 0.467. The maximum atomic E-state index is 3.43. The Morgan fingerprint density at radius 2 is 1.89 bits per heavy atom. The molecular formula is C7H17N2+. The second kappa shape index (κ2) is 1.96. The van der Waals surface area contributed by atoms with E-state index >= 15 is 0 Å². The molecule has 1 N–H and O–H groups in total. The Morgan fingerprint density at radius 1 is 1.33 bits per heavy atom. The molecule has 1 rings (SSSR count). The van der Waals surface area contributed by atoms with E-state index < -0.39 is 0 Å². The second-order valence-electron chi connectivity index (χ2n) is 3.56. The first kappa shape index (κ1) is 7.03. The lowest BCUT2D eigenvalue weighted by atomic mass is 10.3. The smallest absolute Gasteiger partial charge is 0.140 e. The summed E-state index contributed by atoms with van der Waals surface area (Å²) < 4.78 is 1.11. The summed E-state index contributed by atoms with van der Waals surface area (Å²) in [6, 6.07) is 0.764. The molecule has 0 saturated carbocycles. The van der Waals surface area contributed by atoms with E-state index in [1.807, 2.05) is 0 Å². The number of likely N-dealkylation sites (N-methyl/N-ethyl adjacent to an activating group) is 1. The van der Waals surface area contributed by atoms with Crippen LogP contribution in [-0.2, 0) is 0 Å². The summed E-state index contributed by atoms with van der Waals surface area (Å²) in [6.45, 7) is 5.69. The molecule has 9 heavy (non-hydrogen) atoms. The molecule has 0 bridgehead atoms. The van der Waals surface area contributed by atoms with Crippen molar-refractivity contribution < 1.29 is 4.48 Å². The van der Waals surface area contributed by atoms with Gasteiger partial charge in [-0.05, 0) is 6.92 Å². The standard InChI is InChI=1S/C7H17N2/c1-6-5-8-7(2)9(6,3)4/h6-8H,5H2,1-4H3/q+1. The summed E-state index contributed by atoms with van der Waals surface area (Å²) in [5, 5.41) is 3.43. The number of hydrogen-bond donors (Lipinski definition) is 1. The first-order valence-corrected chi connectivity index (χ1v) is 3.62. The van der Waals surface area contributed by atoms with Gasteiger partial charge in [-0.1, -0.05) is 0 Å². The molecule has 0 aliphatic carbocycles. The zero-order chi connectivity index (χ0) is 7.07. The van der Waals surface area contributed by atoms with Gasteiger partial charge in [0.05, 0.1) is 26.7 Å². The predicted molar refractivity (Wildman–Crippen MR) is 39.0 cm³/mol. The average Bonchev–Trinajstić information content (AvgIpc) is 1.96. The second-order valence-corrected chi connectivity index (χ2v) is 3.56. The van der Waals surface area contributed by atoms with Crippen molar-refractivity contribution in [1.29, 1.82) is 0 Å². The zero-order valence-corrected chi connectivity index (χ0v) is 6.81. The molecule has 0 radical (unpaired) electrons. The van der Waals surface area contributed by atoms with Crippen molar-refractivity contribution in [3.63, 3.8) is 0 Å². The van der Waals surface area contributed by atoms with Crippen LogP contribution in [0, 0.1) is 0 Å². The predicted octanol–water partition coefficient (Wildman–Crippen LogP) is 0.401. The third-order valence-electron chi connectivity index (χ3n) is 2.84. The van der Waals surface area contributed by atoms with Crippen LogP contribution in [0.15, 0.2) is 0 Å². The van der Waals surface area contributed by atoms with E-state index in [0.717, 1.165) is 17.1 Å². The highest BCUT2D eigenvalue weighted by molar-refractivity contribution is 4.66. The van der Waals surface area contributed by atoms with E-state index in [1.54, 1.807) is 0 Å². The highest BCUT2D eigenvalue weighted by Gasteiger charge is 2.36. The molecular weight excluding hydrogens is 112 g/mol. The molecule has 54 valence electrons. The Kier molecular flexibility index (Phi) is 1.53. The third-order valence-corrected chi connectivity index (χ3v) is 2.84. The molecule has 0 aromatic heterocycles. The van der Waals surface area contributed by atoms with Gasteiger partial charge in [-0.15, -0.1) is 0 Å². The molecule has 0 spiro atoms. The number of quaternary nitrogens is 1. The minimum Gasteiger partial charge on any atom is -0.311 e. The number of nitrogens with one attached hydrogen (secondary N) is 1. The van der Waals surface area contributed by atoms with Gasteiger partial charge >= 0.3 is 0 Å². The maximum absolute atomic E-state index is 3.43. The van der Waals surface area contributed by atoms with Crippen molar-refractivity contribution in [2.75, 3.05) is 20.6 Å². The molecule has 0 aromatic rings. The first-order chi connectivity index (χ1) is 4.05. The molecule has 2 unspecified atom stereocenters. The van der Waals surface area contributed by atoms with E-state index in [2.05, 4.69) is 33.3 Å². The van der Waals surface area contributed by atoms with Crippen LogP contribution in [-0.4, -0.2) is 37.3 Å². The Morgan fingerprint density at radius 3 is 2.00 bits per heavy atom. The van der Waals surface area contributed by atoms with Crippen molar-refractivity contribution in [3.8, 4) is 0 Å². The van der Waals surface area contributed by atoms with Crippen LogP contribution in [0.2, 0.25) is 0 Å². The van der Waals surface area contributed by atoms with Crippen LogP contribution in [0.1, 0.15) is 13.8 Å². The molecule has 2 heteroatoms. The third kappa shape index (κ3) is 0.970. The van der Waals surface area contributed by atoms with Crippen LogP contribution in [0.4, 0.5) is 0 Å². The van der Waals surface area contributed by atoms with E-state index in [9.17, 15) is 0 Å². The molecule has 0 amide bonds. The van der Waals surface area contributed by atoms with Gasteiger partial charge in [0.25, 0.3) is 0 Å². The summed E-state index contributed by atoms with van der Waals surface area (Å²) in [4.78, 5) is 0. The van der Waals surface area contributed by atoms with Gasteiger partial charge in [-0.2, -0.15) is 0 Å². The van der Waals surface area contributed by atoms with Gasteiger partial charge in [0, 0.05) is 6.92 Å². The van der Waals surface area contributed by atoms with Gasteiger partial charge < -0.3 is 4.48 Å². The van der Waals surface area contributed by atoms with Crippen LogP contribution in [0.5, 0.6) is 0 Å². The SMILES string of the molecule is CC1CNC(C)[N+]1(C)C. The molecule has 0 aromatic carbocycles. The highest BCUT2D eigenvalue weighted by Crippen LogP contribution is 2.15. The Hall–Kier alpha value is -0.0800. The number of nitrogens with zero attached hydrogens (tertiary/aromatic N) is 1. The van der Waals surface area contributed by atoms with E-state index in [4.69, 9.17) is 0 Å². The molecule has 1 aliphatic rings. The van der Waals surface area contributed by atoms with Crippen LogP contribution < -0.4 is 5.32 Å². The lowest BCUT2D eigenvalue weighted by molar-refractivity contribution is -0.922. The lowest BCUT2D eigenvalue weighted by Gasteiger charge is -2.32. The highest BCUT2D eigenvalue weighted by atomic mass is 15.5. The fourth-order valence-corrected chi connectivity index (χ4v) is 1.19. The zero-order valence-electron chi connectivity index (χ0n) is 6.81. The van der Waals surface area contributed by atoms with Gasteiger partial charge in [-0.3, -0.25) is 5.32 Å². The van der Waals surface area contributed by atoms with Gasteiger partial charge in [0.15, 0.2) is 0 Å². The molecule has 1 aliphatic heterocycles. The van der Waals surface area contributed by atoms with Crippen molar-refractivity contribution in [3.05, 3.63) is 0 Å². The van der Waals surface area contributed by atoms with Crippen LogP contribution in [0.25, 0.3) is 0 Å². The topological polar surface area (TPSA) is 12.0 Å². The van der Waals surface area contributed by atoms with Gasteiger partial charge in [0.2, 0.25) is 0 Å². The number of hydrogen-bond acceptors (Lipinski definition) is 1.